The van der Waals surface area contributed by atoms with Crippen LogP contribution in [0.4, 0.5) is 17.1 Å². The Bertz CT molecular complexity index is 2150. The largest absolute Gasteiger partial charge is 0.492 e. The molecule has 0 aliphatic carbocycles. The molecule has 5 rings (SSSR count). The maximum Gasteiger partial charge on any atom is 0.335 e. The van der Waals surface area contributed by atoms with Crippen LogP contribution in [0.1, 0.15) is 175 Å². The Morgan fingerprint density at radius 3 is 1.16 bits per heavy atom. The van der Waals surface area contributed by atoms with Crippen molar-refractivity contribution in [1.82, 2.24) is 0 Å². The van der Waals surface area contributed by atoms with E-state index >= 15 is 0 Å². The number of nitrogens with zero attached hydrogens (tertiary/aromatic N) is 1. The predicted octanol–water partition coefficient (Wildman–Crippen LogP) is 16.3. The minimum absolute atomic E-state index is 0.232. The molecule has 0 fully saturated rings. The van der Waals surface area contributed by atoms with E-state index in [0.29, 0.717) is 24.7 Å². The molecular formula is C59H71NO4. The Labute approximate surface area is 385 Å². The molecule has 336 valence electrons. The van der Waals surface area contributed by atoms with Gasteiger partial charge < -0.3 is 19.5 Å². The lowest BCUT2D eigenvalue weighted by Crippen LogP contribution is -2.09. The third kappa shape index (κ3) is 17.7. The fourth-order valence-electron chi connectivity index (χ4n) is 7.81. The number of unbranched alkanes of at least 4 members (excludes halogenated alkanes) is 18. The number of hydrogen-bond acceptors (Lipinski definition) is 4. The Kier molecular flexibility index (Phi) is 22.6. The smallest absolute Gasteiger partial charge is 0.335 e. The molecule has 0 radical (unpaired) electrons. The fraction of sp³-hybridized carbons (Fsp3) is 0.407. The van der Waals surface area contributed by atoms with E-state index in [-0.39, 0.29) is 5.56 Å². The highest BCUT2D eigenvalue weighted by Crippen LogP contribution is 2.34. The van der Waals surface area contributed by atoms with Gasteiger partial charge in [-0.15, -0.1) is 0 Å². The van der Waals surface area contributed by atoms with Crippen molar-refractivity contribution < 1.29 is 19.4 Å². The number of carboxylic acids is 1. The summed E-state index contributed by atoms with van der Waals surface area (Å²) in [5, 5.41) is 9.42. The summed E-state index contributed by atoms with van der Waals surface area (Å²) in [4.78, 5) is 13.7. The number of para-hydroxylation sites is 2. The van der Waals surface area contributed by atoms with Crippen LogP contribution in [-0.2, 0) is 0 Å². The molecule has 0 amide bonds. The first kappa shape index (κ1) is 49.1. The van der Waals surface area contributed by atoms with Crippen molar-refractivity contribution in [2.45, 2.75) is 142 Å². The van der Waals surface area contributed by atoms with E-state index in [9.17, 15) is 9.90 Å². The number of hydrogen-bond donors (Lipinski definition) is 1. The summed E-state index contributed by atoms with van der Waals surface area (Å²) >= 11 is 0. The van der Waals surface area contributed by atoms with Gasteiger partial charge in [0.15, 0.2) is 0 Å². The Morgan fingerprint density at radius 2 is 0.781 bits per heavy atom. The zero-order valence-electron chi connectivity index (χ0n) is 38.7. The van der Waals surface area contributed by atoms with Crippen LogP contribution >= 0.6 is 0 Å². The van der Waals surface area contributed by atoms with Crippen molar-refractivity contribution in [3.8, 4) is 35.2 Å². The molecule has 1 N–H and O–H groups in total. The first-order chi connectivity index (χ1) is 31.6. The van der Waals surface area contributed by atoms with Gasteiger partial charge in [-0.3, -0.25) is 0 Å². The molecule has 0 aliphatic heterocycles. The van der Waals surface area contributed by atoms with Crippen LogP contribution in [0.2, 0.25) is 0 Å². The van der Waals surface area contributed by atoms with Crippen molar-refractivity contribution in [3.05, 3.63) is 149 Å². The van der Waals surface area contributed by atoms with Crippen molar-refractivity contribution >= 4 is 23.0 Å². The molecular weight excluding hydrogens is 787 g/mol. The minimum Gasteiger partial charge on any atom is -0.492 e. The van der Waals surface area contributed by atoms with E-state index in [2.05, 4.69) is 115 Å². The fourth-order valence-corrected chi connectivity index (χ4v) is 7.81. The van der Waals surface area contributed by atoms with Crippen molar-refractivity contribution in [3.63, 3.8) is 0 Å². The molecule has 0 unspecified atom stereocenters. The number of carboxylic acid groups (broad SMARTS) is 1. The van der Waals surface area contributed by atoms with Gasteiger partial charge in [-0.25, -0.2) is 4.79 Å². The van der Waals surface area contributed by atoms with Gasteiger partial charge >= 0.3 is 5.97 Å². The lowest BCUT2D eigenvalue weighted by molar-refractivity contribution is 0.0697. The topological polar surface area (TPSA) is 59.0 Å². The van der Waals surface area contributed by atoms with E-state index in [1.54, 1.807) is 24.3 Å². The molecule has 0 aromatic heterocycles. The molecule has 5 nitrogen and oxygen atoms in total. The predicted molar refractivity (Wildman–Crippen MR) is 268 cm³/mol. The molecule has 5 heteroatoms. The van der Waals surface area contributed by atoms with Gasteiger partial charge in [-0.1, -0.05) is 190 Å². The van der Waals surface area contributed by atoms with Crippen LogP contribution in [-0.4, -0.2) is 24.3 Å². The maximum atomic E-state index is 11.5. The number of aromatic carboxylic acids is 1. The first-order valence-electron chi connectivity index (χ1n) is 24.4. The van der Waals surface area contributed by atoms with Crippen molar-refractivity contribution in [2.75, 3.05) is 18.1 Å². The summed E-state index contributed by atoms with van der Waals surface area (Å²) < 4.78 is 13.1. The summed E-state index contributed by atoms with van der Waals surface area (Å²) in [6.07, 6.45) is 25.1. The third-order valence-corrected chi connectivity index (χ3v) is 11.6. The second-order valence-corrected chi connectivity index (χ2v) is 16.8. The molecule has 0 saturated carbocycles. The van der Waals surface area contributed by atoms with Gasteiger partial charge in [0.2, 0.25) is 0 Å². The van der Waals surface area contributed by atoms with E-state index in [1.807, 2.05) is 24.3 Å². The van der Waals surface area contributed by atoms with Crippen LogP contribution in [0.15, 0.2) is 121 Å². The average molecular weight is 858 g/mol. The van der Waals surface area contributed by atoms with E-state index in [0.717, 1.165) is 65.0 Å². The molecule has 0 saturated heterocycles. The minimum atomic E-state index is -0.958. The van der Waals surface area contributed by atoms with Gasteiger partial charge in [-0.05, 0) is 85.6 Å². The molecule has 0 aliphatic rings. The molecule has 0 bridgehead atoms. The highest BCUT2D eigenvalue weighted by molar-refractivity contribution is 5.87. The quantitative estimate of drug-likeness (QED) is 0.0401. The number of benzene rings is 5. The number of carbonyl (C=O) groups is 1. The van der Waals surface area contributed by atoms with Crippen LogP contribution < -0.4 is 14.4 Å². The second kappa shape index (κ2) is 29.5. The van der Waals surface area contributed by atoms with Gasteiger partial charge in [0.25, 0.3) is 0 Å². The van der Waals surface area contributed by atoms with E-state index in [4.69, 9.17) is 9.47 Å². The lowest BCUT2D eigenvalue weighted by atomic mass is 10.1. The summed E-state index contributed by atoms with van der Waals surface area (Å²) in [6.45, 7) is 5.72. The highest BCUT2D eigenvalue weighted by Gasteiger charge is 2.13. The Balaban J connectivity index is 1.36. The van der Waals surface area contributed by atoms with E-state index < -0.39 is 5.97 Å². The average Bonchev–Trinajstić information content (AvgIpc) is 3.33. The Hall–Kier alpha value is -5.91. The molecule has 5 aromatic rings. The van der Waals surface area contributed by atoms with Crippen LogP contribution in [0.25, 0.3) is 0 Å². The Morgan fingerprint density at radius 1 is 0.438 bits per heavy atom. The number of anilines is 3. The highest BCUT2D eigenvalue weighted by atomic mass is 16.5. The lowest BCUT2D eigenvalue weighted by Gasteiger charge is -2.25. The number of rotatable bonds is 28. The first-order valence-corrected chi connectivity index (χ1v) is 24.4. The summed E-state index contributed by atoms with van der Waals surface area (Å²) in [5.41, 5.74) is 6.56. The normalized spacial score (nSPS) is 10.7. The third-order valence-electron chi connectivity index (χ3n) is 11.6. The summed E-state index contributed by atoms with van der Waals surface area (Å²) in [6, 6.07) is 39.8. The molecule has 64 heavy (non-hydrogen) atoms. The van der Waals surface area contributed by atoms with Crippen LogP contribution in [0.5, 0.6) is 11.5 Å². The molecule has 0 atom stereocenters. The zero-order valence-corrected chi connectivity index (χ0v) is 38.7. The molecule has 5 aromatic carbocycles. The van der Waals surface area contributed by atoms with Crippen LogP contribution in [0, 0.1) is 23.7 Å². The van der Waals surface area contributed by atoms with Crippen molar-refractivity contribution in [2.24, 2.45) is 0 Å². The van der Waals surface area contributed by atoms with Gasteiger partial charge in [0.1, 0.15) is 11.5 Å². The SMILES string of the molecule is CCCCCCCCCCCCOc1cc(C#Cc2ccc(N(c3ccccc3)c3ccccc3)cc2)c(OCCCCCCCCCCCC)cc1C#Cc1ccc(C(=O)O)cc1. The molecule has 0 spiro atoms. The van der Waals surface area contributed by atoms with Gasteiger partial charge in [0, 0.05) is 40.3 Å². The zero-order chi connectivity index (χ0) is 44.9. The standard InChI is InChI=1S/C59H71NO4/c1-3-5-7-9-11-13-15-17-19-27-45-63-57-48-53(42-36-50-37-43-56(44-38-50)60(54-29-23-21-24-30-54)55-31-25-22-26-32-55)58(64-46-28-20-18-16-14-12-10-8-6-4-2)47-52(57)41-35-49-33-39-51(40-34-49)59(61)62/h21-26,29-34,37-40,43-44,47-48H,3-20,27-28,45-46H2,1-2H3,(H,61,62). The second-order valence-electron chi connectivity index (χ2n) is 16.8. The van der Waals surface area contributed by atoms with Crippen molar-refractivity contribution in [1.29, 1.82) is 0 Å². The summed E-state index contributed by atoms with van der Waals surface area (Å²) in [5.74, 6) is 13.9. The van der Waals surface area contributed by atoms with Crippen LogP contribution in [0.3, 0.4) is 0 Å². The molecule has 0 heterocycles. The summed E-state index contributed by atoms with van der Waals surface area (Å²) in [7, 11) is 0. The van der Waals surface area contributed by atoms with E-state index in [1.165, 1.54) is 103 Å². The maximum absolute atomic E-state index is 11.5. The number of ether oxygens (including phenoxy) is 2. The van der Waals surface area contributed by atoms with Gasteiger partial charge in [0.05, 0.1) is 29.9 Å². The van der Waals surface area contributed by atoms with Gasteiger partial charge in [-0.2, -0.15) is 0 Å². The monoisotopic (exact) mass is 858 g/mol.